The smallest absolute Gasteiger partial charge is 0.272 e. The van der Waals surface area contributed by atoms with E-state index >= 15 is 0 Å². The number of non-ortho nitro benzene ring substituents is 1. The van der Waals surface area contributed by atoms with E-state index in [9.17, 15) is 22.9 Å². The van der Waals surface area contributed by atoms with Crippen molar-refractivity contribution in [2.75, 3.05) is 13.1 Å². The minimum atomic E-state index is -4.02. The fourth-order valence-corrected chi connectivity index (χ4v) is 3.35. The number of nitro benzene ring substituents is 1. The highest BCUT2D eigenvalue weighted by atomic mass is 32.2. The van der Waals surface area contributed by atoms with Crippen LogP contribution in [0.4, 0.5) is 10.1 Å². The summed E-state index contributed by atoms with van der Waals surface area (Å²) in [6.45, 7) is 0.997. The third-order valence-corrected chi connectivity index (χ3v) is 4.80. The molecule has 116 valence electrons. The SMILES string of the molecule is O=[N+]([O-])c1ccc(S(=O)(=O)NCC2CCCCN2)c(F)c1. The van der Waals surface area contributed by atoms with Crippen LogP contribution in [0.3, 0.4) is 0 Å². The van der Waals surface area contributed by atoms with Gasteiger partial charge in [-0.1, -0.05) is 6.42 Å². The molecule has 21 heavy (non-hydrogen) atoms. The number of rotatable bonds is 5. The van der Waals surface area contributed by atoms with Gasteiger partial charge in [-0.15, -0.1) is 0 Å². The molecule has 1 atom stereocenters. The average molecular weight is 317 g/mol. The van der Waals surface area contributed by atoms with Crippen LogP contribution in [0.25, 0.3) is 0 Å². The van der Waals surface area contributed by atoms with Crippen molar-refractivity contribution >= 4 is 15.7 Å². The second-order valence-corrected chi connectivity index (χ2v) is 6.61. The molecule has 0 bridgehead atoms. The monoisotopic (exact) mass is 317 g/mol. The number of nitrogens with one attached hydrogen (secondary N) is 2. The maximum atomic E-state index is 13.7. The van der Waals surface area contributed by atoms with E-state index in [0.29, 0.717) is 6.07 Å². The zero-order chi connectivity index (χ0) is 15.5. The molecule has 0 aromatic heterocycles. The maximum Gasteiger partial charge on any atom is 0.272 e. The first-order chi connectivity index (χ1) is 9.90. The van der Waals surface area contributed by atoms with Crippen molar-refractivity contribution in [3.63, 3.8) is 0 Å². The summed E-state index contributed by atoms with van der Waals surface area (Å²) in [6.07, 6.45) is 2.93. The number of nitro groups is 1. The molecule has 0 amide bonds. The van der Waals surface area contributed by atoms with E-state index < -0.39 is 31.3 Å². The number of hydrogen-bond acceptors (Lipinski definition) is 5. The molecule has 2 rings (SSSR count). The highest BCUT2D eigenvalue weighted by molar-refractivity contribution is 7.89. The third-order valence-electron chi connectivity index (χ3n) is 3.35. The Morgan fingerprint density at radius 2 is 2.19 bits per heavy atom. The standard InChI is InChI=1S/C12H16FN3O4S/c13-11-7-10(16(17)18)4-5-12(11)21(19,20)15-8-9-3-1-2-6-14-9/h4-5,7,9,14-15H,1-3,6,8H2. The second-order valence-electron chi connectivity index (χ2n) is 4.87. The molecular formula is C12H16FN3O4S. The van der Waals surface area contributed by atoms with Crippen LogP contribution in [0.1, 0.15) is 19.3 Å². The van der Waals surface area contributed by atoms with Crippen molar-refractivity contribution in [1.29, 1.82) is 0 Å². The summed E-state index contributed by atoms with van der Waals surface area (Å²) in [5.74, 6) is -1.13. The van der Waals surface area contributed by atoms with Gasteiger partial charge in [-0.3, -0.25) is 10.1 Å². The summed E-state index contributed by atoms with van der Waals surface area (Å²) in [4.78, 5) is 9.15. The zero-order valence-electron chi connectivity index (χ0n) is 11.2. The van der Waals surface area contributed by atoms with Crippen molar-refractivity contribution < 1.29 is 17.7 Å². The van der Waals surface area contributed by atoms with Gasteiger partial charge in [0.25, 0.3) is 5.69 Å². The first-order valence-electron chi connectivity index (χ1n) is 6.57. The van der Waals surface area contributed by atoms with E-state index in [1.807, 2.05) is 0 Å². The molecule has 0 radical (unpaired) electrons. The van der Waals surface area contributed by atoms with Crippen molar-refractivity contribution in [3.8, 4) is 0 Å². The van der Waals surface area contributed by atoms with Crippen molar-refractivity contribution in [2.24, 2.45) is 0 Å². The predicted octanol–water partition coefficient (Wildman–Crippen LogP) is 1.15. The summed E-state index contributed by atoms with van der Waals surface area (Å²) < 4.78 is 40.1. The minimum absolute atomic E-state index is 0.0228. The van der Waals surface area contributed by atoms with Crippen LogP contribution in [0, 0.1) is 15.9 Å². The van der Waals surface area contributed by atoms with Gasteiger partial charge in [0, 0.05) is 18.7 Å². The van der Waals surface area contributed by atoms with E-state index in [1.165, 1.54) is 0 Å². The van der Waals surface area contributed by atoms with Crippen LogP contribution in [0.2, 0.25) is 0 Å². The Bertz CT molecular complexity index is 629. The third kappa shape index (κ3) is 3.96. The molecule has 1 aromatic rings. The molecule has 1 aliphatic rings. The van der Waals surface area contributed by atoms with Crippen LogP contribution < -0.4 is 10.0 Å². The van der Waals surface area contributed by atoms with E-state index in [-0.39, 0.29) is 12.6 Å². The van der Waals surface area contributed by atoms with Crippen LogP contribution in [0.15, 0.2) is 23.1 Å². The summed E-state index contributed by atoms with van der Waals surface area (Å²) in [5, 5.41) is 13.7. The van der Waals surface area contributed by atoms with Gasteiger partial charge >= 0.3 is 0 Å². The van der Waals surface area contributed by atoms with Gasteiger partial charge in [0.1, 0.15) is 10.7 Å². The lowest BCUT2D eigenvalue weighted by Gasteiger charge is -2.23. The fraction of sp³-hybridized carbons (Fsp3) is 0.500. The lowest BCUT2D eigenvalue weighted by atomic mass is 10.1. The van der Waals surface area contributed by atoms with Crippen LogP contribution in [-0.2, 0) is 10.0 Å². The molecular weight excluding hydrogens is 301 g/mol. The van der Waals surface area contributed by atoms with Gasteiger partial charge in [-0.05, 0) is 25.5 Å². The van der Waals surface area contributed by atoms with Crippen LogP contribution in [-0.4, -0.2) is 32.5 Å². The highest BCUT2D eigenvalue weighted by Crippen LogP contribution is 2.20. The number of sulfonamides is 1. The molecule has 0 spiro atoms. The normalized spacial score (nSPS) is 19.4. The predicted molar refractivity (Wildman–Crippen MR) is 73.9 cm³/mol. The van der Waals surface area contributed by atoms with Crippen molar-refractivity contribution in [2.45, 2.75) is 30.2 Å². The largest absolute Gasteiger partial charge is 0.313 e. The number of piperidine rings is 1. The second kappa shape index (κ2) is 6.46. The average Bonchev–Trinajstić information content (AvgIpc) is 2.46. The molecule has 1 unspecified atom stereocenters. The quantitative estimate of drug-likeness (QED) is 0.627. The summed E-state index contributed by atoms with van der Waals surface area (Å²) in [5.41, 5.74) is -0.486. The molecule has 7 nitrogen and oxygen atoms in total. The molecule has 0 aliphatic carbocycles. The first-order valence-corrected chi connectivity index (χ1v) is 8.05. The van der Waals surface area contributed by atoms with Crippen LogP contribution in [0.5, 0.6) is 0 Å². The zero-order valence-corrected chi connectivity index (χ0v) is 12.0. The van der Waals surface area contributed by atoms with Gasteiger partial charge in [-0.25, -0.2) is 17.5 Å². The topological polar surface area (TPSA) is 101 Å². The number of hydrogen-bond donors (Lipinski definition) is 2. The number of benzene rings is 1. The van der Waals surface area contributed by atoms with Crippen molar-refractivity contribution in [1.82, 2.24) is 10.0 Å². The molecule has 1 fully saturated rings. The van der Waals surface area contributed by atoms with Gasteiger partial charge in [-0.2, -0.15) is 0 Å². The Morgan fingerprint density at radius 1 is 1.43 bits per heavy atom. The fourth-order valence-electron chi connectivity index (χ4n) is 2.21. The lowest BCUT2D eigenvalue weighted by molar-refractivity contribution is -0.385. The molecule has 9 heteroatoms. The van der Waals surface area contributed by atoms with Gasteiger partial charge in [0.05, 0.1) is 11.0 Å². The van der Waals surface area contributed by atoms with E-state index in [1.54, 1.807) is 0 Å². The van der Waals surface area contributed by atoms with Gasteiger partial charge in [0.2, 0.25) is 10.0 Å². The Hall–Kier alpha value is -1.58. The molecule has 1 aromatic carbocycles. The minimum Gasteiger partial charge on any atom is -0.313 e. The van der Waals surface area contributed by atoms with Gasteiger partial charge in [0.15, 0.2) is 0 Å². The van der Waals surface area contributed by atoms with Crippen LogP contribution >= 0.6 is 0 Å². The Morgan fingerprint density at radius 3 is 2.76 bits per heavy atom. The summed E-state index contributed by atoms with van der Waals surface area (Å²) >= 11 is 0. The lowest BCUT2D eigenvalue weighted by Crippen LogP contribution is -2.43. The Labute approximate surface area is 121 Å². The summed E-state index contributed by atoms with van der Waals surface area (Å²) in [7, 11) is -4.02. The first kappa shape index (κ1) is 15.8. The molecule has 0 saturated carbocycles. The Kier molecular flexibility index (Phi) is 4.86. The van der Waals surface area contributed by atoms with E-state index in [2.05, 4.69) is 10.0 Å². The van der Waals surface area contributed by atoms with Gasteiger partial charge < -0.3 is 5.32 Å². The molecule has 2 N–H and O–H groups in total. The summed E-state index contributed by atoms with van der Waals surface area (Å²) in [6, 6.07) is 2.50. The number of halogens is 1. The number of nitrogens with zero attached hydrogens (tertiary/aromatic N) is 1. The Balaban J connectivity index is 2.10. The highest BCUT2D eigenvalue weighted by Gasteiger charge is 2.23. The molecule has 1 heterocycles. The van der Waals surface area contributed by atoms with E-state index in [0.717, 1.165) is 37.9 Å². The van der Waals surface area contributed by atoms with Crippen molar-refractivity contribution in [3.05, 3.63) is 34.1 Å². The molecule has 1 aliphatic heterocycles. The molecule has 1 saturated heterocycles. The maximum absolute atomic E-state index is 13.7. The van der Waals surface area contributed by atoms with E-state index in [4.69, 9.17) is 0 Å².